The molecule has 9 heavy (non-hydrogen) atoms. The Morgan fingerprint density at radius 3 is 1.78 bits per heavy atom. The second kappa shape index (κ2) is 6.46. The fourth-order valence-corrected chi connectivity index (χ4v) is 0.638. The van der Waals surface area contributed by atoms with E-state index >= 15 is 0 Å². The van der Waals surface area contributed by atoms with Crippen LogP contribution in [-0.2, 0) is 4.79 Å². The second-order valence-corrected chi connectivity index (χ2v) is 1.85. The molecule has 3 heteroatoms. The molecule has 0 aromatic heterocycles. The Bertz CT molecular complexity index is 79.1. The van der Waals surface area contributed by atoms with Crippen molar-refractivity contribution in [3.05, 3.63) is 0 Å². The first-order chi connectivity index (χ1) is 3.72. The second-order valence-electron chi connectivity index (χ2n) is 1.85. The molecular formula is C6H15InO2. The molecule has 54 valence electrons. The van der Waals surface area contributed by atoms with Crippen molar-refractivity contribution in [3.8, 4) is 0 Å². The molecule has 0 heterocycles. The van der Waals surface area contributed by atoms with Crippen molar-refractivity contribution < 1.29 is 9.90 Å². The summed E-state index contributed by atoms with van der Waals surface area (Å²) in [6, 6.07) is 0. The van der Waals surface area contributed by atoms with Gasteiger partial charge in [0, 0.05) is 0 Å². The maximum atomic E-state index is 10.2. The summed E-state index contributed by atoms with van der Waals surface area (Å²) < 4.78 is 0. The Balaban J connectivity index is 0. The number of hydrogen-bond acceptors (Lipinski definition) is 1. The Labute approximate surface area is 74.4 Å². The molecular weight excluding hydrogens is 219 g/mol. The molecule has 0 saturated carbocycles. The molecule has 0 fully saturated rings. The number of rotatable bonds is 3. The van der Waals surface area contributed by atoms with Crippen LogP contribution in [0.5, 0.6) is 0 Å². The van der Waals surface area contributed by atoms with Gasteiger partial charge in [-0.25, -0.2) is 0 Å². The summed E-state index contributed by atoms with van der Waals surface area (Å²) in [5.41, 5.74) is 0. The summed E-state index contributed by atoms with van der Waals surface area (Å²) in [5, 5.41) is 8.37. The van der Waals surface area contributed by atoms with E-state index < -0.39 is 5.97 Å². The van der Waals surface area contributed by atoms with Crippen molar-refractivity contribution in [2.45, 2.75) is 26.7 Å². The van der Waals surface area contributed by atoms with Gasteiger partial charge in [-0.3, -0.25) is 4.79 Å². The van der Waals surface area contributed by atoms with Crippen LogP contribution in [-0.4, -0.2) is 36.9 Å². The molecule has 0 unspecified atom stereocenters. The fourth-order valence-electron chi connectivity index (χ4n) is 0.638. The third-order valence-electron chi connectivity index (χ3n) is 1.33. The van der Waals surface area contributed by atoms with E-state index in [1.807, 2.05) is 13.8 Å². The quantitative estimate of drug-likeness (QED) is 0.763. The zero-order valence-electron chi connectivity index (χ0n) is 5.35. The van der Waals surface area contributed by atoms with Gasteiger partial charge in [0.15, 0.2) is 0 Å². The number of aliphatic carboxylic acids is 1. The van der Waals surface area contributed by atoms with E-state index in [-0.39, 0.29) is 31.8 Å². The molecule has 0 aliphatic carbocycles. The van der Waals surface area contributed by atoms with E-state index in [0.717, 1.165) is 12.8 Å². The SMILES string of the molecule is CCC(CC)C(=O)O.[InH3]. The number of carboxylic acid groups (broad SMARTS) is 1. The van der Waals surface area contributed by atoms with Gasteiger partial charge in [0.05, 0.1) is 5.92 Å². The molecule has 0 bridgehead atoms. The van der Waals surface area contributed by atoms with Crippen LogP contribution in [0, 0.1) is 5.92 Å². The van der Waals surface area contributed by atoms with E-state index in [1.54, 1.807) is 0 Å². The molecule has 0 aliphatic heterocycles. The normalized spacial score (nSPS) is 8.78. The van der Waals surface area contributed by atoms with Gasteiger partial charge in [0.1, 0.15) is 0 Å². The number of hydrogen-bond donors (Lipinski definition) is 1. The van der Waals surface area contributed by atoms with Crippen LogP contribution in [0.1, 0.15) is 26.7 Å². The van der Waals surface area contributed by atoms with Gasteiger partial charge in [-0.2, -0.15) is 0 Å². The molecule has 0 aromatic rings. The van der Waals surface area contributed by atoms with Crippen LogP contribution >= 0.6 is 0 Å². The summed E-state index contributed by atoms with van der Waals surface area (Å²) in [5.74, 6) is -0.801. The Morgan fingerprint density at radius 1 is 1.44 bits per heavy atom. The van der Waals surface area contributed by atoms with Crippen LogP contribution in [0.2, 0.25) is 0 Å². The molecule has 0 atom stereocenters. The number of carbonyl (C=O) groups is 1. The van der Waals surface area contributed by atoms with Gasteiger partial charge >= 0.3 is 31.8 Å². The molecule has 0 aromatic carbocycles. The van der Waals surface area contributed by atoms with E-state index in [4.69, 9.17) is 5.11 Å². The van der Waals surface area contributed by atoms with Crippen molar-refractivity contribution in [1.82, 2.24) is 0 Å². The summed E-state index contributed by atoms with van der Waals surface area (Å²) >= 11 is 0. The van der Waals surface area contributed by atoms with Crippen molar-refractivity contribution >= 4 is 31.8 Å². The first-order valence-electron chi connectivity index (χ1n) is 2.95. The molecule has 0 aliphatic rings. The van der Waals surface area contributed by atoms with Gasteiger partial charge in [0.25, 0.3) is 0 Å². The Hall–Kier alpha value is 0.340. The first-order valence-corrected chi connectivity index (χ1v) is 2.95. The van der Waals surface area contributed by atoms with Gasteiger partial charge in [-0.15, -0.1) is 0 Å². The summed E-state index contributed by atoms with van der Waals surface area (Å²) in [7, 11) is 0. The Morgan fingerprint density at radius 2 is 1.78 bits per heavy atom. The molecule has 2 nitrogen and oxygen atoms in total. The van der Waals surface area contributed by atoms with Crippen molar-refractivity contribution in [3.63, 3.8) is 0 Å². The van der Waals surface area contributed by atoms with Crippen LogP contribution in [0.15, 0.2) is 0 Å². The molecule has 0 rings (SSSR count). The predicted octanol–water partition coefficient (Wildman–Crippen LogP) is 0.323. The molecule has 1 N–H and O–H groups in total. The fraction of sp³-hybridized carbons (Fsp3) is 0.833. The van der Waals surface area contributed by atoms with E-state index in [9.17, 15) is 4.79 Å². The summed E-state index contributed by atoms with van der Waals surface area (Å²) in [6.45, 7) is 3.78. The van der Waals surface area contributed by atoms with Crippen molar-refractivity contribution in [2.75, 3.05) is 0 Å². The third kappa shape index (κ3) is 4.82. The summed E-state index contributed by atoms with van der Waals surface area (Å²) in [4.78, 5) is 10.2. The van der Waals surface area contributed by atoms with E-state index in [0.29, 0.717) is 0 Å². The molecule has 0 saturated heterocycles. The van der Waals surface area contributed by atoms with Crippen LogP contribution in [0.3, 0.4) is 0 Å². The Kier molecular flexibility index (Phi) is 8.66. The monoisotopic (exact) mass is 234 g/mol. The standard InChI is InChI=1S/C6H12O2.In.3H/c1-3-5(4-2)6(7)8;;;;/h5H,3-4H2,1-2H3,(H,7,8);;;;. The van der Waals surface area contributed by atoms with Crippen molar-refractivity contribution in [1.29, 1.82) is 0 Å². The van der Waals surface area contributed by atoms with Gasteiger partial charge in [-0.1, -0.05) is 13.8 Å². The topological polar surface area (TPSA) is 37.3 Å². The maximum absolute atomic E-state index is 10.2. The minimum atomic E-state index is -0.671. The average molecular weight is 234 g/mol. The van der Waals surface area contributed by atoms with Crippen LogP contribution in [0.25, 0.3) is 0 Å². The molecule has 0 radical (unpaired) electrons. The molecule has 0 spiro atoms. The van der Waals surface area contributed by atoms with E-state index in [1.165, 1.54) is 0 Å². The zero-order chi connectivity index (χ0) is 6.57. The van der Waals surface area contributed by atoms with Crippen LogP contribution in [0.4, 0.5) is 0 Å². The first kappa shape index (κ1) is 12.1. The summed E-state index contributed by atoms with van der Waals surface area (Å²) in [6.07, 6.45) is 1.48. The van der Waals surface area contributed by atoms with Crippen molar-refractivity contribution in [2.24, 2.45) is 5.92 Å². The van der Waals surface area contributed by atoms with E-state index in [2.05, 4.69) is 0 Å². The third-order valence-corrected chi connectivity index (χ3v) is 1.33. The minimum absolute atomic E-state index is 0. The van der Waals surface area contributed by atoms with Gasteiger partial charge in [0.2, 0.25) is 0 Å². The predicted molar refractivity (Wildman–Crippen MR) is 41.6 cm³/mol. The number of carboxylic acids is 1. The van der Waals surface area contributed by atoms with Crippen LogP contribution < -0.4 is 0 Å². The van der Waals surface area contributed by atoms with Gasteiger partial charge < -0.3 is 5.11 Å². The van der Waals surface area contributed by atoms with Gasteiger partial charge in [-0.05, 0) is 12.8 Å². The molecule has 0 amide bonds. The average Bonchev–Trinajstić information content (AvgIpc) is 1.69. The zero-order valence-corrected chi connectivity index (χ0v) is 5.35.